The Morgan fingerprint density at radius 1 is 0.923 bits per heavy atom. The first kappa shape index (κ1) is 30.3. The summed E-state index contributed by atoms with van der Waals surface area (Å²) in [5.41, 5.74) is 1.53. The molecule has 3 nitrogen and oxygen atoms in total. The van der Waals surface area contributed by atoms with Gasteiger partial charge in [0.25, 0.3) is 0 Å². The van der Waals surface area contributed by atoms with Gasteiger partial charge in [0, 0.05) is 16.3 Å². The van der Waals surface area contributed by atoms with Gasteiger partial charge in [-0.3, -0.25) is 0 Å². The Morgan fingerprint density at radius 3 is 2.44 bits per heavy atom. The molecule has 39 heavy (non-hydrogen) atoms. The average Bonchev–Trinajstić information content (AvgIpc) is 2.88. The molecule has 2 aliphatic rings. The van der Waals surface area contributed by atoms with Crippen LogP contribution in [-0.4, -0.2) is 56.6 Å². The van der Waals surface area contributed by atoms with E-state index in [4.69, 9.17) is 0 Å². The quantitative estimate of drug-likeness (QED) is 0.286. The largest absolute Gasteiger partial charge is 0.416 e. The van der Waals surface area contributed by atoms with Crippen LogP contribution in [0.15, 0.2) is 52.3 Å². The number of hydrogen-bond acceptors (Lipinski definition) is 4. The standard InChI is InChI=1S/C32H46F3N3S/c1-25(2)14-16-31(17-22-36(3)4)15-7-8-19-37(23-18-31)20-9-21-38-27-10-5-6-11-29(27)39-30-13-12-26(24-28(30)38)32(33,34)35/h5-6,10-13,24-25H,7-9,14-23H2,1-4H3. The molecule has 0 amide bonds. The molecule has 0 radical (unpaired) electrons. The van der Waals surface area contributed by atoms with Crippen molar-refractivity contribution in [2.45, 2.75) is 81.2 Å². The highest BCUT2D eigenvalue weighted by atomic mass is 32.2. The second kappa shape index (κ2) is 13.3. The Kier molecular flexibility index (Phi) is 10.3. The van der Waals surface area contributed by atoms with Gasteiger partial charge in [0.1, 0.15) is 0 Å². The highest BCUT2D eigenvalue weighted by molar-refractivity contribution is 7.99. The molecule has 0 saturated carbocycles. The molecule has 1 fully saturated rings. The Bertz CT molecular complexity index is 1060. The predicted octanol–water partition coefficient (Wildman–Crippen LogP) is 8.95. The third kappa shape index (κ3) is 8.17. The number of halogens is 3. The molecule has 2 aromatic rings. The van der Waals surface area contributed by atoms with E-state index in [1.165, 1.54) is 57.1 Å². The van der Waals surface area contributed by atoms with Crippen LogP contribution in [-0.2, 0) is 6.18 Å². The van der Waals surface area contributed by atoms with Gasteiger partial charge in [-0.05, 0) is 120 Å². The molecule has 1 saturated heterocycles. The number of fused-ring (bicyclic) bond motifs is 2. The van der Waals surface area contributed by atoms with Crippen LogP contribution in [0.4, 0.5) is 24.5 Å². The molecule has 0 spiro atoms. The summed E-state index contributed by atoms with van der Waals surface area (Å²) in [6, 6.07) is 12.3. The molecule has 2 heterocycles. The summed E-state index contributed by atoms with van der Waals surface area (Å²) < 4.78 is 40.7. The maximum atomic E-state index is 13.6. The summed E-state index contributed by atoms with van der Waals surface area (Å²) >= 11 is 1.56. The van der Waals surface area contributed by atoms with Gasteiger partial charge < -0.3 is 14.7 Å². The van der Waals surface area contributed by atoms with Crippen LogP contribution < -0.4 is 4.90 Å². The molecule has 1 unspecified atom stereocenters. The summed E-state index contributed by atoms with van der Waals surface area (Å²) in [7, 11) is 4.36. The minimum atomic E-state index is -4.35. The fourth-order valence-corrected chi connectivity index (χ4v) is 7.15. The summed E-state index contributed by atoms with van der Waals surface area (Å²) in [5.74, 6) is 0.731. The van der Waals surface area contributed by atoms with Crippen LogP contribution in [0, 0.1) is 11.3 Å². The fourth-order valence-electron chi connectivity index (χ4n) is 6.07. The number of hydrogen-bond donors (Lipinski definition) is 0. The predicted molar refractivity (Wildman–Crippen MR) is 158 cm³/mol. The number of anilines is 2. The van der Waals surface area contributed by atoms with Crippen molar-refractivity contribution in [3.05, 3.63) is 48.0 Å². The number of benzene rings is 2. The fraction of sp³-hybridized carbons (Fsp3) is 0.625. The molecule has 0 aromatic heterocycles. The minimum absolute atomic E-state index is 0.420. The molecule has 0 aliphatic carbocycles. The molecule has 1 atom stereocenters. The molecule has 0 bridgehead atoms. The van der Waals surface area contributed by atoms with Crippen molar-refractivity contribution in [2.24, 2.45) is 11.3 Å². The van der Waals surface area contributed by atoms with Crippen molar-refractivity contribution >= 4 is 23.1 Å². The van der Waals surface area contributed by atoms with Gasteiger partial charge in [-0.1, -0.05) is 50.6 Å². The smallest absolute Gasteiger partial charge is 0.340 e. The summed E-state index contributed by atoms with van der Waals surface area (Å²) in [4.78, 5) is 9.06. The number of rotatable bonds is 10. The van der Waals surface area contributed by atoms with E-state index in [0.717, 1.165) is 54.0 Å². The Balaban J connectivity index is 1.44. The first-order valence-corrected chi connectivity index (χ1v) is 15.5. The maximum Gasteiger partial charge on any atom is 0.416 e. The van der Waals surface area contributed by atoms with Crippen LogP contribution in [0.25, 0.3) is 0 Å². The van der Waals surface area contributed by atoms with E-state index in [2.05, 4.69) is 48.7 Å². The molecule has 0 N–H and O–H groups in total. The zero-order chi connectivity index (χ0) is 28.0. The zero-order valence-corrected chi connectivity index (χ0v) is 25.0. The van der Waals surface area contributed by atoms with E-state index in [1.807, 2.05) is 18.2 Å². The van der Waals surface area contributed by atoms with E-state index in [9.17, 15) is 13.2 Å². The lowest BCUT2D eigenvalue weighted by Gasteiger charge is -2.40. The lowest BCUT2D eigenvalue weighted by molar-refractivity contribution is -0.137. The highest BCUT2D eigenvalue weighted by Gasteiger charge is 2.34. The van der Waals surface area contributed by atoms with Crippen molar-refractivity contribution in [3.63, 3.8) is 0 Å². The molecular formula is C32H46F3N3S. The van der Waals surface area contributed by atoms with Crippen LogP contribution in [0.3, 0.4) is 0 Å². The molecule has 4 rings (SSSR count). The summed E-state index contributed by atoms with van der Waals surface area (Å²) in [6.07, 6.45) is 5.54. The highest BCUT2D eigenvalue weighted by Crippen LogP contribution is 2.49. The van der Waals surface area contributed by atoms with Crippen molar-refractivity contribution in [2.75, 3.05) is 51.7 Å². The molecule has 7 heteroatoms. The third-order valence-electron chi connectivity index (χ3n) is 8.54. The number of nitrogens with zero attached hydrogens (tertiary/aromatic N) is 3. The van der Waals surface area contributed by atoms with Crippen molar-refractivity contribution in [1.29, 1.82) is 0 Å². The van der Waals surface area contributed by atoms with Crippen LogP contribution in [0.2, 0.25) is 0 Å². The topological polar surface area (TPSA) is 9.72 Å². The molecule has 2 aliphatic heterocycles. The van der Waals surface area contributed by atoms with E-state index in [1.54, 1.807) is 17.8 Å². The maximum absolute atomic E-state index is 13.6. The van der Waals surface area contributed by atoms with Gasteiger partial charge in [0.2, 0.25) is 0 Å². The van der Waals surface area contributed by atoms with E-state index in [0.29, 0.717) is 17.6 Å². The summed E-state index contributed by atoms with van der Waals surface area (Å²) in [6.45, 7) is 9.74. The monoisotopic (exact) mass is 561 g/mol. The normalized spacial score (nSPS) is 20.6. The van der Waals surface area contributed by atoms with E-state index < -0.39 is 11.7 Å². The second-order valence-corrected chi connectivity index (χ2v) is 13.4. The first-order chi connectivity index (χ1) is 18.6. The SMILES string of the molecule is CC(C)CCC1(CCN(C)C)CCCCN(CCCN2c3ccccc3Sc3ccc(C(F)(F)F)cc32)CC1. The van der Waals surface area contributed by atoms with Crippen molar-refractivity contribution < 1.29 is 13.2 Å². The van der Waals surface area contributed by atoms with Crippen molar-refractivity contribution in [3.8, 4) is 0 Å². The van der Waals surface area contributed by atoms with Gasteiger partial charge in [-0.15, -0.1) is 0 Å². The van der Waals surface area contributed by atoms with Crippen LogP contribution in [0.5, 0.6) is 0 Å². The second-order valence-electron chi connectivity index (χ2n) is 12.3. The van der Waals surface area contributed by atoms with Gasteiger partial charge in [0.15, 0.2) is 0 Å². The van der Waals surface area contributed by atoms with Crippen LogP contribution >= 0.6 is 11.8 Å². The minimum Gasteiger partial charge on any atom is -0.340 e. The lowest BCUT2D eigenvalue weighted by Crippen LogP contribution is -2.37. The molecule has 216 valence electrons. The molecular weight excluding hydrogens is 515 g/mol. The van der Waals surface area contributed by atoms with E-state index in [-0.39, 0.29) is 0 Å². The Hall–Kier alpha value is -1.70. The number of alkyl halides is 3. The van der Waals surface area contributed by atoms with Gasteiger partial charge >= 0.3 is 6.18 Å². The third-order valence-corrected chi connectivity index (χ3v) is 9.67. The van der Waals surface area contributed by atoms with E-state index >= 15 is 0 Å². The number of likely N-dealkylation sites (tertiary alicyclic amines) is 1. The number of para-hydroxylation sites is 1. The lowest BCUT2D eigenvalue weighted by atomic mass is 9.71. The van der Waals surface area contributed by atoms with Gasteiger partial charge in [-0.25, -0.2) is 0 Å². The molecule has 2 aromatic carbocycles. The van der Waals surface area contributed by atoms with Crippen molar-refractivity contribution in [1.82, 2.24) is 9.80 Å². The first-order valence-electron chi connectivity index (χ1n) is 14.7. The van der Waals surface area contributed by atoms with Gasteiger partial charge in [0.05, 0.1) is 16.9 Å². The Labute approximate surface area is 238 Å². The van der Waals surface area contributed by atoms with Gasteiger partial charge in [-0.2, -0.15) is 13.2 Å². The Morgan fingerprint density at radius 2 is 1.69 bits per heavy atom. The average molecular weight is 562 g/mol. The van der Waals surface area contributed by atoms with Crippen LogP contribution in [0.1, 0.15) is 70.8 Å². The summed E-state index contributed by atoms with van der Waals surface area (Å²) in [5, 5.41) is 0. The zero-order valence-electron chi connectivity index (χ0n) is 24.2.